The summed E-state index contributed by atoms with van der Waals surface area (Å²) in [7, 11) is 1.56. The van der Waals surface area contributed by atoms with Crippen LogP contribution in [0.25, 0.3) is 0 Å². The molecule has 0 rings (SSSR count). The minimum atomic E-state index is 0.280. The first-order valence-corrected chi connectivity index (χ1v) is 3.09. The second kappa shape index (κ2) is 11.0. The summed E-state index contributed by atoms with van der Waals surface area (Å²) < 4.78 is 9.11. The Balaban J connectivity index is 0. The zero-order valence-corrected chi connectivity index (χ0v) is 6.96. The smallest absolute Gasteiger partial charge is 0.0922 e. The zero-order chi connectivity index (χ0) is 8.41. The Morgan fingerprint density at radius 2 is 1.60 bits per heavy atom. The lowest BCUT2D eigenvalue weighted by Crippen LogP contribution is -1.93. The molecule has 0 saturated carbocycles. The summed E-state index contributed by atoms with van der Waals surface area (Å²) in [5.41, 5.74) is 0. The van der Waals surface area contributed by atoms with Crippen LogP contribution in [0.1, 0.15) is 13.8 Å². The second-order valence-electron chi connectivity index (χ2n) is 1.75. The van der Waals surface area contributed by atoms with E-state index in [1.807, 2.05) is 13.8 Å². The maximum absolute atomic E-state index is 4.81. The highest BCUT2D eigenvalue weighted by Gasteiger charge is 1.81. The first kappa shape index (κ1) is 11.8. The largest absolute Gasteiger partial charge is 0.505 e. The van der Waals surface area contributed by atoms with E-state index in [9.17, 15) is 0 Å². The van der Waals surface area contributed by atoms with Crippen molar-refractivity contribution in [2.75, 3.05) is 7.11 Å². The van der Waals surface area contributed by atoms with Crippen LogP contribution in [0.3, 0.4) is 0 Å². The summed E-state index contributed by atoms with van der Waals surface area (Å²) in [6, 6.07) is 0. The van der Waals surface area contributed by atoms with E-state index < -0.39 is 0 Å². The molecular weight excluding hydrogens is 128 g/mol. The highest BCUT2D eigenvalue weighted by molar-refractivity contribution is 4.50. The molecule has 0 aromatic heterocycles. The summed E-state index contributed by atoms with van der Waals surface area (Å²) in [6.07, 6.45) is 3.10. The van der Waals surface area contributed by atoms with Gasteiger partial charge in [-0.2, -0.15) is 0 Å². The second-order valence-corrected chi connectivity index (χ2v) is 1.75. The zero-order valence-electron chi connectivity index (χ0n) is 6.96. The lowest BCUT2D eigenvalue weighted by molar-refractivity contribution is 0.180. The summed E-state index contributed by atoms with van der Waals surface area (Å²) in [5.74, 6) is 0. The van der Waals surface area contributed by atoms with Crippen molar-refractivity contribution < 1.29 is 9.47 Å². The normalized spacial score (nSPS) is 7.20. The molecule has 0 atom stereocenters. The molecule has 0 aromatic rings. The molecule has 0 aliphatic rings. The Labute approximate surface area is 63.1 Å². The highest BCUT2D eigenvalue weighted by atomic mass is 16.5. The van der Waals surface area contributed by atoms with Crippen molar-refractivity contribution >= 4 is 0 Å². The minimum Gasteiger partial charge on any atom is -0.505 e. The minimum absolute atomic E-state index is 0.280. The van der Waals surface area contributed by atoms with Gasteiger partial charge in [0, 0.05) is 0 Å². The molecule has 0 saturated heterocycles. The number of rotatable bonds is 3. The maximum atomic E-state index is 4.81. The predicted octanol–water partition coefficient (Wildman–Crippen LogP) is 2.33. The predicted molar refractivity (Wildman–Crippen MR) is 43.6 cm³/mol. The topological polar surface area (TPSA) is 18.5 Å². The fourth-order valence-corrected chi connectivity index (χ4v) is 0.192. The lowest BCUT2D eigenvalue weighted by atomic mass is 10.5. The summed E-state index contributed by atoms with van der Waals surface area (Å²) in [4.78, 5) is 0. The van der Waals surface area contributed by atoms with Crippen molar-refractivity contribution in [2.45, 2.75) is 20.0 Å². The van der Waals surface area contributed by atoms with E-state index in [1.54, 1.807) is 7.11 Å². The van der Waals surface area contributed by atoms with Crippen LogP contribution in [0.5, 0.6) is 0 Å². The Morgan fingerprint density at radius 3 is 1.60 bits per heavy atom. The fourth-order valence-electron chi connectivity index (χ4n) is 0.192. The van der Waals surface area contributed by atoms with Crippen LogP contribution in [0.4, 0.5) is 0 Å². The van der Waals surface area contributed by atoms with Crippen molar-refractivity contribution in [3.63, 3.8) is 0 Å². The van der Waals surface area contributed by atoms with Crippen LogP contribution in [-0.4, -0.2) is 13.2 Å². The lowest BCUT2D eigenvalue weighted by Gasteiger charge is -1.99. The van der Waals surface area contributed by atoms with Gasteiger partial charge in [-0.15, -0.1) is 0 Å². The van der Waals surface area contributed by atoms with Gasteiger partial charge in [0.15, 0.2) is 0 Å². The average Bonchev–Trinajstić information content (AvgIpc) is 1.89. The Morgan fingerprint density at radius 1 is 1.20 bits per heavy atom. The van der Waals surface area contributed by atoms with Crippen molar-refractivity contribution in [1.29, 1.82) is 0 Å². The van der Waals surface area contributed by atoms with Crippen LogP contribution < -0.4 is 0 Å². The van der Waals surface area contributed by atoms with E-state index in [-0.39, 0.29) is 6.10 Å². The Bertz CT molecular complexity index is 77.3. The molecule has 0 unspecified atom stereocenters. The van der Waals surface area contributed by atoms with Gasteiger partial charge in [-0.1, -0.05) is 13.2 Å². The molecule has 60 valence electrons. The monoisotopic (exact) mass is 144 g/mol. The number of ether oxygens (including phenoxy) is 2. The summed E-state index contributed by atoms with van der Waals surface area (Å²) in [6.45, 7) is 10.6. The molecule has 0 spiro atoms. The maximum Gasteiger partial charge on any atom is 0.0922 e. The first-order chi connectivity index (χ1) is 4.68. The molecule has 10 heavy (non-hydrogen) atoms. The molecule has 0 amide bonds. The highest BCUT2D eigenvalue weighted by Crippen LogP contribution is 1.83. The number of hydrogen-bond acceptors (Lipinski definition) is 2. The number of methoxy groups -OCH3 is 1. The molecule has 0 heterocycles. The third-order valence-corrected chi connectivity index (χ3v) is 0.535. The van der Waals surface area contributed by atoms with E-state index in [0.717, 1.165) is 0 Å². The van der Waals surface area contributed by atoms with Crippen LogP contribution in [0.15, 0.2) is 25.7 Å². The van der Waals surface area contributed by atoms with Crippen molar-refractivity contribution in [2.24, 2.45) is 0 Å². The van der Waals surface area contributed by atoms with E-state index in [1.165, 1.54) is 12.5 Å². The van der Waals surface area contributed by atoms with Gasteiger partial charge in [0.1, 0.15) is 0 Å². The number of hydrogen-bond donors (Lipinski definition) is 0. The van der Waals surface area contributed by atoms with Gasteiger partial charge in [0.05, 0.1) is 25.7 Å². The van der Waals surface area contributed by atoms with Crippen molar-refractivity contribution in [3.8, 4) is 0 Å². The molecule has 0 bridgehead atoms. The SMILES string of the molecule is C=COC.C=COC(C)C. The Kier molecular flexibility index (Phi) is 13.0. The first-order valence-electron chi connectivity index (χ1n) is 3.09. The van der Waals surface area contributed by atoms with Gasteiger partial charge in [-0.3, -0.25) is 0 Å². The molecule has 0 aromatic carbocycles. The quantitative estimate of drug-likeness (QED) is 0.566. The molecular formula is C8H16O2. The van der Waals surface area contributed by atoms with E-state index in [2.05, 4.69) is 17.9 Å². The van der Waals surface area contributed by atoms with Crippen LogP contribution in [0, 0.1) is 0 Å². The van der Waals surface area contributed by atoms with Crippen LogP contribution in [0.2, 0.25) is 0 Å². The van der Waals surface area contributed by atoms with Crippen LogP contribution in [-0.2, 0) is 9.47 Å². The van der Waals surface area contributed by atoms with Crippen molar-refractivity contribution in [3.05, 3.63) is 25.7 Å². The molecule has 0 N–H and O–H groups in total. The van der Waals surface area contributed by atoms with Gasteiger partial charge >= 0.3 is 0 Å². The summed E-state index contributed by atoms with van der Waals surface area (Å²) in [5, 5.41) is 0. The average molecular weight is 144 g/mol. The van der Waals surface area contributed by atoms with Gasteiger partial charge in [-0.05, 0) is 13.8 Å². The molecule has 0 aliphatic carbocycles. The molecule has 2 heteroatoms. The van der Waals surface area contributed by atoms with Crippen LogP contribution >= 0.6 is 0 Å². The molecule has 0 fully saturated rings. The van der Waals surface area contributed by atoms with E-state index in [0.29, 0.717) is 0 Å². The summed E-state index contributed by atoms with van der Waals surface area (Å²) >= 11 is 0. The van der Waals surface area contributed by atoms with E-state index in [4.69, 9.17) is 4.74 Å². The van der Waals surface area contributed by atoms with Gasteiger partial charge in [-0.25, -0.2) is 0 Å². The fraction of sp³-hybridized carbons (Fsp3) is 0.500. The molecule has 0 aliphatic heterocycles. The third-order valence-electron chi connectivity index (χ3n) is 0.535. The third kappa shape index (κ3) is 27.6. The molecule has 2 nitrogen and oxygen atoms in total. The van der Waals surface area contributed by atoms with Gasteiger partial charge < -0.3 is 9.47 Å². The van der Waals surface area contributed by atoms with Gasteiger partial charge in [0.2, 0.25) is 0 Å². The standard InChI is InChI=1S/C5H10O.C3H6O/c1-4-6-5(2)3;1-3-4-2/h4-5H,1H2,2-3H3;3H,1H2,2H3. The van der Waals surface area contributed by atoms with Crippen molar-refractivity contribution in [1.82, 2.24) is 0 Å². The van der Waals surface area contributed by atoms with E-state index >= 15 is 0 Å². The van der Waals surface area contributed by atoms with Gasteiger partial charge in [0.25, 0.3) is 0 Å². The Hall–Kier alpha value is -0.920. The molecule has 0 radical (unpaired) electrons.